The summed E-state index contributed by atoms with van der Waals surface area (Å²) >= 11 is 9.88. The highest BCUT2D eigenvalue weighted by molar-refractivity contribution is 9.10. The van der Waals surface area contributed by atoms with E-state index in [1.807, 2.05) is 12.1 Å². The van der Waals surface area contributed by atoms with Gasteiger partial charge >= 0.3 is 0 Å². The minimum absolute atomic E-state index is 0.698. The highest BCUT2D eigenvalue weighted by atomic mass is 79.9. The number of hydrogen-bond donors (Lipinski definition) is 1. The zero-order valence-electron chi connectivity index (χ0n) is 10.2. The Hall–Kier alpha value is -0.410. The first-order valence-corrected chi connectivity index (χ1v) is 7.14. The van der Waals surface area contributed by atoms with Gasteiger partial charge < -0.3 is 10.6 Å². The zero-order chi connectivity index (χ0) is 12.6. The molecule has 1 aromatic rings. The van der Waals surface area contributed by atoms with Crippen LogP contribution in [0.3, 0.4) is 0 Å². The molecule has 0 radical (unpaired) electrons. The molecular weight excluding hydrogens is 300 g/mol. The molecule has 1 aromatic carbocycles. The fourth-order valence-electron chi connectivity index (χ4n) is 2.73. The number of piperidine rings is 1. The van der Waals surface area contributed by atoms with Gasteiger partial charge in [0.1, 0.15) is 0 Å². The van der Waals surface area contributed by atoms with E-state index < -0.39 is 0 Å². The molecule has 2 rings (SSSR count). The standard InChI is InChI=1S/C13H18BrClN2/c1-8-3-9(2)7-17(6-8)13-11(14)4-10(16)5-12(13)15/h4-5,8-9H,3,6-7,16H2,1-2H3/t8-,9-/m0/s1. The lowest BCUT2D eigenvalue weighted by Gasteiger charge is -2.37. The normalized spacial score (nSPS) is 25.1. The number of nitrogens with two attached hydrogens (primary N) is 1. The summed E-state index contributed by atoms with van der Waals surface area (Å²) < 4.78 is 0.990. The van der Waals surface area contributed by atoms with Crippen LogP contribution in [0.1, 0.15) is 20.3 Å². The molecule has 4 heteroatoms. The number of halogens is 2. The molecule has 2 nitrogen and oxygen atoms in total. The van der Waals surface area contributed by atoms with Gasteiger partial charge in [-0.05, 0) is 46.3 Å². The van der Waals surface area contributed by atoms with Crippen LogP contribution in [0.4, 0.5) is 11.4 Å². The Labute approximate surface area is 116 Å². The summed E-state index contributed by atoms with van der Waals surface area (Å²) in [7, 11) is 0. The molecule has 0 saturated carbocycles. The van der Waals surface area contributed by atoms with Crippen molar-refractivity contribution < 1.29 is 0 Å². The summed E-state index contributed by atoms with van der Waals surface area (Å²) in [5.41, 5.74) is 7.56. The lowest BCUT2D eigenvalue weighted by atomic mass is 9.91. The van der Waals surface area contributed by atoms with Crippen molar-refractivity contribution in [2.45, 2.75) is 20.3 Å². The van der Waals surface area contributed by atoms with Crippen LogP contribution in [0, 0.1) is 11.8 Å². The molecule has 0 amide bonds. The highest BCUT2D eigenvalue weighted by Gasteiger charge is 2.24. The fourth-order valence-corrected chi connectivity index (χ4v) is 3.92. The molecule has 1 aliphatic heterocycles. The lowest BCUT2D eigenvalue weighted by molar-refractivity contribution is 0.356. The number of nitrogen functional groups attached to an aromatic ring is 1. The monoisotopic (exact) mass is 316 g/mol. The van der Waals surface area contributed by atoms with Crippen LogP contribution < -0.4 is 10.6 Å². The van der Waals surface area contributed by atoms with E-state index in [1.54, 1.807) is 0 Å². The van der Waals surface area contributed by atoms with Gasteiger partial charge in [0.25, 0.3) is 0 Å². The first kappa shape index (κ1) is 13.0. The lowest BCUT2D eigenvalue weighted by Crippen LogP contribution is -2.39. The maximum atomic E-state index is 6.31. The molecule has 2 N–H and O–H groups in total. The van der Waals surface area contributed by atoms with Gasteiger partial charge in [-0.3, -0.25) is 0 Å². The van der Waals surface area contributed by atoms with E-state index in [1.165, 1.54) is 6.42 Å². The fraction of sp³-hybridized carbons (Fsp3) is 0.538. The van der Waals surface area contributed by atoms with Gasteiger partial charge in [-0.25, -0.2) is 0 Å². The maximum Gasteiger partial charge on any atom is 0.0701 e. The highest BCUT2D eigenvalue weighted by Crippen LogP contribution is 2.38. The Morgan fingerprint density at radius 3 is 2.41 bits per heavy atom. The van der Waals surface area contributed by atoms with E-state index in [-0.39, 0.29) is 0 Å². The minimum atomic E-state index is 0.698. The van der Waals surface area contributed by atoms with Crippen LogP contribution in [-0.4, -0.2) is 13.1 Å². The van der Waals surface area contributed by atoms with E-state index in [0.717, 1.165) is 28.3 Å². The van der Waals surface area contributed by atoms with Crippen LogP contribution >= 0.6 is 27.5 Å². The Bertz CT molecular complexity index is 389. The molecular formula is C13H18BrClN2. The summed E-state index contributed by atoms with van der Waals surface area (Å²) in [5, 5.41) is 0.734. The molecule has 1 saturated heterocycles. The average molecular weight is 318 g/mol. The van der Waals surface area contributed by atoms with Crippen molar-refractivity contribution in [2.75, 3.05) is 23.7 Å². The molecule has 94 valence electrons. The Morgan fingerprint density at radius 2 is 1.88 bits per heavy atom. The van der Waals surface area contributed by atoms with Crippen LogP contribution in [0.5, 0.6) is 0 Å². The van der Waals surface area contributed by atoms with Crippen molar-refractivity contribution in [1.29, 1.82) is 0 Å². The quantitative estimate of drug-likeness (QED) is 0.788. The molecule has 1 aliphatic rings. The van der Waals surface area contributed by atoms with Gasteiger partial charge in [-0.2, -0.15) is 0 Å². The largest absolute Gasteiger partial charge is 0.399 e. The first-order valence-electron chi connectivity index (χ1n) is 5.97. The van der Waals surface area contributed by atoms with Crippen LogP contribution in [0.15, 0.2) is 16.6 Å². The van der Waals surface area contributed by atoms with E-state index in [2.05, 4.69) is 34.7 Å². The summed E-state index contributed by atoms with van der Waals surface area (Å²) in [4.78, 5) is 2.37. The third-order valence-corrected chi connectivity index (χ3v) is 4.12. The smallest absolute Gasteiger partial charge is 0.0701 e. The molecule has 0 aliphatic carbocycles. The summed E-state index contributed by atoms with van der Waals surface area (Å²) in [6.07, 6.45) is 1.29. The molecule has 1 heterocycles. The van der Waals surface area contributed by atoms with Gasteiger partial charge in [0.2, 0.25) is 0 Å². The number of hydrogen-bond acceptors (Lipinski definition) is 2. The number of rotatable bonds is 1. The molecule has 0 unspecified atom stereocenters. The number of anilines is 2. The third-order valence-electron chi connectivity index (χ3n) is 3.22. The van der Waals surface area contributed by atoms with Crippen LogP contribution in [0.25, 0.3) is 0 Å². The molecule has 0 bridgehead atoms. The Kier molecular flexibility index (Phi) is 3.88. The van der Waals surface area contributed by atoms with Crippen molar-refractivity contribution in [3.63, 3.8) is 0 Å². The SMILES string of the molecule is C[C@H]1C[C@H](C)CN(c2c(Cl)cc(N)cc2Br)C1. The van der Waals surface area contributed by atoms with E-state index in [0.29, 0.717) is 17.5 Å². The molecule has 0 spiro atoms. The van der Waals surface area contributed by atoms with Crippen LogP contribution in [0.2, 0.25) is 5.02 Å². The summed E-state index contributed by atoms with van der Waals surface area (Å²) in [5.74, 6) is 1.42. The van der Waals surface area contributed by atoms with Crippen molar-refractivity contribution in [2.24, 2.45) is 11.8 Å². The number of benzene rings is 1. The molecule has 1 fully saturated rings. The van der Waals surface area contributed by atoms with E-state index >= 15 is 0 Å². The van der Waals surface area contributed by atoms with Gasteiger partial charge in [-0.15, -0.1) is 0 Å². The first-order chi connectivity index (χ1) is 7.97. The second kappa shape index (κ2) is 5.07. The van der Waals surface area contributed by atoms with Crippen molar-refractivity contribution >= 4 is 38.9 Å². The van der Waals surface area contributed by atoms with Gasteiger partial charge in [0.15, 0.2) is 0 Å². The average Bonchev–Trinajstić information content (AvgIpc) is 2.13. The topological polar surface area (TPSA) is 29.3 Å². The van der Waals surface area contributed by atoms with Crippen LogP contribution in [-0.2, 0) is 0 Å². The van der Waals surface area contributed by atoms with E-state index in [9.17, 15) is 0 Å². The Balaban J connectivity index is 2.33. The molecule has 0 aromatic heterocycles. The van der Waals surface area contributed by atoms with Crippen molar-refractivity contribution in [3.8, 4) is 0 Å². The second-order valence-corrected chi connectivity index (χ2v) is 6.45. The van der Waals surface area contributed by atoms with Gasteiger partial charge in [0, 0.05) is 23.2 Å². The van der Waals surface area contributed by atoms with E-state index in [4.69, 9.17) is 17.3 Å². The summed E-state index contributed by atoms with van der Waals surface area (Å²) in [6, 6.07) is 3.75. The summed E-state index contributed by atoms with van der Waals surface area (Å²) in [6.45, 7) is 6.71. The second-order valence-electron chi connectivity index (χ2n) is 5.18. The predicted molar refractivity (Wildman–Crippen MR) is 78.7 cm³/mol. The molecule has 17 heavy (non-hydrogen) atoms. The maximum absolute atomic E-state index is 6.31. The van der Waals surface area contributed by atoms with Gasteiger partial charge in [-0.1, -0.05) is 25.4 Å². The van der Waals surface area contributed by atoms with Crippen molar-refractivity contribution in [1.82, 2.24) is 0 Å². The van der Waals surface area contributed by atoms with Crippen molar-refractivity contribution in [3.05, 3.63) is 21.6 Å². The molecule has 2 atom stereocenters. The zero-order valence-corrected chi connectivity index (χ0v) is 12.6. The number of nitrogens with zero attached hydrogens (tertiary/aromatic N) is 1. The Morgan fingerprint density at radius 1 is 1.29 bits per heavy atom. The predicted octanol–water partition coefficient (Wildman–Crippen LogP) is 4.17. The third kappa shape index (κ3) is 2.89. The minimum Gasteiger partial charge on any atom is -0.399 e. The van der Waals surface area contributed by atoms with Gasteiger partial charge in [0.05, 0.1) is 10.7 Å².